The third kappa shape index (κ3) is 3.71. The van der Waals surface area contributed by atoms with E-state index in [4.69, 9.17) is 16.3 Å². The van der Waals surface area contributed by atoms with Gasteiger partial charge in [0.25, 0.3) is 0 Å². The van der Waals surface area contributed by atoms with E-state index in [0.717, 1.165) is 5.56 Å². The molecule has 0 spiro atoms. The van der Waals surface area contributed by atoms with Crippen LogP contribution in [0, 0.1) is 11.6 Å². The summed E-state index contributed by atoms with van der Waals surface area (Å²) in [6.45, 7) is 0. The molecule has 112 valence electrons. The van der Waals surface area contributed by atoms with E-state index >= 15 is 0 Å². The van der Waals surface area contributed by atoms with E-state index in [1.165, 1.54) is 25.3 Å². The normalized spacial score (nSPS) is 12.2. The molecule has 2 aromatic rings. The fourth-order valence-electron chi connectivity index (χ4n) is 2.21. The first kappa shape index (κ1) is 15.7. The summed E-state index contributed by atoms with van der Waals surface area (Å²) in [6, 6.07) is 8.90. The number of rotatable bonds is 5. The van der Waals surface area contributed by atoms with Gasteiger partial charge in [-0.3, -0.25) is 0 Å². The highest BCUT2D eigenvalue weighted by molar-refractivity contribution is 6.30. The monoisotopic (exact) mass is 311 g/mol. The summed E-state index contributed by atoms with van der Waals surface area (Å²) >= 11 is 5.89. The van der Waals surface area contributed by atoms with Crippen LogP contribution in [-0.4, -0.2) is 14.2 Å². The van der Waals surface area contributed by atoms with Crippen LogP contribution in [0.3, 0.4) is 0 Å². The molecule has 0 radical (unpaired) electrons. The van der Waals surface area contributed by atoms with E-state index in [9.17, 15) is 8.78 Å². The Morgan fingerprint density at radius 1 is 1.14 bits per heavy atom. The molecule has 0 heterocycles. The van der Waals surface area contributed by atoms with Crippen molar-refractivity contribution in [3.05, 3.63) is 64.2 Å². The molecule has 0 bridgehead atoms. The Hall–Kier alpha value is -1.65. The highest BCUT2D eigenvalue weighted by Crippen LogP contribution is 2.26. The van der Waals surface area contributed by atoms with Crippen LogP contribution < -0.4 is 10.1 Å². The molecule has 1 atom stereocenters. The lowest BCUT2D eigenvalue weighted by Crippen LogP contribution is -2.19. The Bertz CT molecular complexity index is 634. The van der Waals surface area contributed by atoms with Crippen molar-refractivity contribution in [2.24, 2.45) is 0 Å². The van der Waals surface area contributed by atoms with Gasteiger partial charge in [-0.25, -0.2) is 8.78 Å². The van der Waals surface area contributed by atoms with Crippen LogP contribution in [0.15, 0.2) is 36.4 Å². The number of methoxy groups -OCH3 is 1. The molecule has 0 aliphatic rings. The molecule has 0 saturated carbocycles. The molecule has 0 aliphatic carbocycles. The number of hydrogen-bond donors (Lipinski definition) is 1. The summed E-state index contributed by atoms with van der Waals surface area (Å²) in [5.41, 5.74) is 1.20. The number of nitrogens with one attached hydrogen (secondary N) is 1. The van der Waals surface area contributed by atoms with E-state index in [1.807, 2.05) is 0 Å². The van der Waals surface area contributed by atoms with Gasteiger partial charge in [0.05, 0.1) is 7.11 Å². The Balaban J connectivity index is 2.27. The molecule has 2 nitrogen and oxygen atoms in total. The van der Waals surface area contributed by atoms with Crippen LogP contribution in [0.5, 0.6) is 5.75 Å². The third-order valence-electron chi connectivity index (χ3n) is 3.36. The summed E-state index contributed by atoms with van der Waals surface area (Å²) < 4.78 is 32.5. The van der Waals surface area contributed by atoms with Gasteiger partial charge in [0.15, 0.2) is 11.6 Å². The van der Waals surface area contributed by atoms with Crippen molar-refractivity contribution in [3.8, 4) is 5.75 Å². The van der Waals surface area contributed by atoms with E-state index < -0.39 is 5.82 Å². The zero-order valence-electron chi connectivity index (χ0n) is 11.8. The number of benzene rings is 2. The number of ether oxygens (including phenoxy) is 1. The van der Waals surface area contributed by atoms with Crippen LogP contribution in [-0.2, 0) is 6.42 Å². The average Bonchev–Trinajstić information content (AvgIpc) is 2.48. The molecule has 21 heavy (non-hydrogen) atoms. The fourth-order valence-corrected chi connectivity index (χ4v) is 2.40. The van der Waals surface area contributed by atoms with Crippen LogP contribution in [0.25, 0.3) is 0 Å². The lowest BCUT2D eigenvalue weighted by Gasteiger charge is -2.18. The van der Waals surface area contributed by atoms with Gasteiger partial charge in [0.1, 0.15) is 5.82 Å². The van der Waals surface area contributed by atoms with E-state index in [0.29, 0.717) is 17.0 Å². The molecule has 1 N–H and O–H groups in total. The zero-order valence-corrected chi connectivity index (χ0v) is 12.5. The number of halogens is 3. The largest absolute Gasteiger partial charge is 0.494 e. The summed E-state index contributed by atoms with van der Waals surface area (Å²) in [4.78, 5) is 0. The second kappa shape index (κ2) is 6.87. The van der Waals surface area contributed by atoms with E-state index in [-0.39, 0.29) is 17.6 Å². The molecule has 0 saturated heterocycles. The first-order chi connectivity index (χ1) is 10.0. The molecule has 0 amide bonds. The molecule has 0 aromatic heterocycles. The van der Waals surface area contributed by atoms with Crippen LogP contribution in [0.2, 0.25) is 5.02 Å². The maximum absolute atomic E-state index is 13.8. The van der Waals surface area contributed by atoms with Crippen LogP contribution >= 0.6 is 11.6 Å². The van der Waals surface area contributed by atoms with Gasteiger partial charge in [-0.15, -0.1) is 0 Å². The number of hydrogen-bond acceptors (Lipinski definition) is 2. The molecule has 0 fully saturated rings. The van der Waals surface area contributed by atoms with Crippen molar-refractivity contribution in [2.75, 3.05) is 14.2 Å². The van der Waals surface area contributed by atoms with E-state index in [2.05, 4.69) is 5.32 Å². The van der Waals surface area contributed by atoms with Gasteiger partial charge in [-0.2, -0.15) is 0 Å². The van der Waals surface area contributed by atoms with Gasteiger partial charge < -0.3 is 10.1 Å². The van der Waals surface area contributed by atoms with Crippen LogP contribution in [0.4, 0.5) is 8.78 Å². The SMILES string of the molecule is CNC(Cc1cc(Cl)ccc1F)c1ccc(OC)c(F)c1. The van der Waals surface area contributed by atoms with Gasteiger partial charge in [-0.05, 0) is 54.9 Å². The minimum absolute atomic E-state index is 0.183. The minimum atomic E-state index is -0.443. The highest BCUT2D eigenvalue weighted by atomic mass is 35.5. The molecular weight excluding hydrogens is 296 g/mol. The van der Waals surface area contributed by atoms with Gasteiger partial charge in [0, 0.05) is 11.1 Å². The molecular formula is C16H16ClF2NO. The van der Waals surface area contributed by atoms with Crippen molar-refractivity contribution in [2.45, 2.75) is 12.5 Å². The fraction of sp³-hybridized carbons (Fsp3) is 0.250. The highest BCUT2D eigenvalue weighted by Gasteiger charge is 2.15. The van der Waals surface area contributed by atoms with Crippen molar-refractivity contribution >= 4 is 11.6 Å². The predicted molar refractivity (Wildman–Crippen MR) is 79.9 cm³/mol. The number of likely N-dealkylation sites (N-methyl/N-ethyl adjacent to an activating group) is 1. The first-order valence-corrected chi connectivity index (χ1v) is 6.87. The van der Waals surface area contributed by atoms with Gasteiger partial charge in [0.2, 0.25) is 0 Å². The second-order valence-electron chi connectivity index (χ2n) is 4.68. The topological polar surface area (TPSA) is 21.3 Å². The minimum Gasteiger partial charge on any atom is -0.494 e. The smallest absolute Gasteiger partial charge is 0.165 e. The molecule has 2 aromatic carbocycles. The molecule has 1 unspecified atom stereocenters. The Morgan fingerprint density at radius 2 is 1.90 bits per heavy atom. The Kier molecular flexibility index (Phi) is 5.15. The third-order valence-corrected chi connectivity index (χ3v) is 3.59. The molecule has 2 rings (SSSR count). The average molecular weight is 312 g/mol. The van der Waals surface area contributed by atoms with Crippen molar-refractivity contribution < 1.29 is 13.5 Å². The maximum atomic E-state index is 13.8. The maximum Gasteiger partial charge on any atom is 0.165 e. The summed E-state index contributed by atoms with van der Waals surface area (Å²) in [7, 11) is 3.16. The van der Waals surface area contributed by atoms with Crippen molar-refractivity contribution in [1.29, 1.82) is 0 Å². The van der Waals surface area contributed by atoms with E-state index in [1.54, 1.807) is 25.2 Å². The lowest BCUT2D eigenvalue weighted by molar-refractivity contribution is 0.385. The van der Waals surface area contributed by atoms with Gasteiger partial charge >= 0.3 is 0 Å². The molecule has 0 aliphatic heterocycles. The summed E-state index contributed by atoms with van der Waals surface area (Å²) in [6.07, 6.45) is 0.370. The Labute approximate surface area is 127 Å². The van der Waals surface area contributed by atoms with Crippen LogP contribution in [0.1, 0.15) is 17.2 Å². The molecule has 5 heteroatoms. The zero-order chi connectivity index (χ0) is 15.4. The van der Waals surface area contributed by atoms with Crippen molar-refractivity contribution in [1.82, 2.24) is 5.32 Å². The summed E-state index contributed by atoms with van der Waals surface area (Å²) in [5.74, 6) is -0.585. The van der Waals surface area contributed by atoms with Crippen molar-refractivity contribution in [3.63, 3.8) is 0 Å². The van der Waals surface area contributed by atoms with Gasteiger partial charge in [-0.1, -0.05) is 17.7 Å². The summed E-state index contributed by atoms with van der Waals surface area (Å²) in [5, 5.41) is 3.54. The standard InChI is InChI=1S/C16H16ClF2NO/c1-20-15(9-11-7-12(17)4-5-13(11)18)10-3-6-16(21-2)14(19)8-10/h3-8,15,20H,9H2,1-2H3. The quantitative estimate of drug-likeness (QED) is 0.896. The lowest BCUT2D eigenvalue weighted by atomic mass is 9.98. The second-order valence-corrected chi connectivity index (χ2v) is 5.11. The first-order valence-electron chi connectivity index (χ1n) is 6.49. The Morgan fingerprint density at radius 3 is 2.52 bits per heavy atom. The predicted octanol–water partition coefficient (Wildman–Crippen LogP) is 4.13.